The molecular formula is C30H30N2O7. The molecule has 1 atom stereocenters. The zero-order chi connectivity index (χ0) is 27.8. The highest BCUT2D eigenvalue weighted by atomic mass is 16.6. The molecule has 0 fully saturated rings. The molecule has 0 aliphatic carbocycles. The molecular weight excluding hydrogens is 500 g/mol. The van der Waals surface area contributed by atoms with Crippen LogP contribution in [0.1, 0.15) is 30.0 Å². The van der Waals surface area contributed by atoms with Crippen molar-refractivity contribution in [3.8, 4) is 28.7 Å². The van der Waals surface area contributed by atoms with Crippen molar-refractivity contribution in [2.45, 2.75) is 26.3 Å². The van der Waals surface area contributed by atoms with Crippen molar-refractivity contribution in [3.05, 3.63) is 95.9 Å². The van der Waals surface area contributed by atoms with E-state index in [0.29, 0.717) is 36.0 Å². The van der Waals surface area contributed by atoms with Gasteiger partial charge < -0.3 is 23.7 Å². The first-order chi connectivity index (χ1) is 18.8. The summed E-state index contributed by atoms with van der Waals surface area (Å²) in [5, 5.41) is 9.43. The Labute approximate surface area is 226 Å². The Morgan fingerprint density at radius 1 is 0.974 bits per heavy atom. The lowest BCUT2D eigenvalue weighted by atomic mass is 10.1. The molecule has 1 heterocycles. The summed E-state index contributed by atoms with van der Waals surface area (Å²) in [6.45, 7) is 3.44. The predicted octanol–water partition coefficient (Wildman–Crippen LogP) is 5.93. The summed E-state index contributed by atoms with van der Waals surface area (Å²) in [4.78, 5) is 30.2. The maximum absolute atomic E-state index is 12.9. The minimum absolute atomic E-state index is 0.277. The van der Waals surface area contributed by atoms with Gasteiger partial charge in [-0.2, -0.15) is 0 Å². The molecule has 0 saturated carbocycles. The zero-order valence-corrected chi connectivity index (χ0v) is 22.0. The van der Waals surface area contributed by atoms with Gasteiger partial charge >= 0.3 is 12.1 Å². The van der Waals surface area contributed by atoms with E-state index in [2.05, 4.69) is 4.98 Å². The van der Waals surface area contributed by atoms with E-state index >= 15 is 0 Å². The molecule has 1 N–H and O–H groups in total. The van der Waals surface area contributed by atoms with Gasteiger partial charge in [-0.25, -0.2) is 9.78 Å². The number of carbonyl (C=O) groups is 2. The van der Waals surface area contributed by atoms with E-state index in [9.17, 15) is 14.7 Å². The summed E-state index contributed by atoms with van der Waals surface area (Å²) in [5.74, 6) is 1.62. The molecule has 0 bridgehead atoms. The maximum atomic E-state index is 12.9. The third kappa shape index (κ3) is 7.16. The number of ether oxygens (including phenoxy) is 3. The third-order valence-electron chi connectivity index (χ3n) is 6.13. The highest BCUT2D eigenvalue weighted by Gasteiger charge is 2.26. The molecule has 9 heteroatoms. The first-order valence-corrected chi connectivity index (χ1v) is 12.4. The van der Waals surface area contributed by atoms with E-state index in [1.54, 1.807) is 55.5 Å². The van der Waals surface area contributed by atoms with Crippen molar-refractivity contribution >= 4 is 12.1 Å². The Balaban J connectivity index is 1.41. The van der Waals surface area contributed by atoms with Crippen LogP contribution in [0.2, 0.25) is 0 Å². The van der Waals surface area contributed by atoms with Crippen LogP contribution in [-0.4, -0.2) is 47.3 Å². The van der Waals surface area contributed by atoms with Gasteiger partial charge in [0.1, 0.15) is 29.6 Å². The molecule has 9 nitrogen and oxygen atoms in total. The number of rotatable bonds is 11. The Kier molecular flexibility index (Phi) is 8.83. The van der Waals surface area contributed by atoms with E-state index in [1.165, 1.54) is 7.11 Å². The van der Waals surface area contributed by atoms with E-state index in [-0.39, 0.29) is 5.75 Å². The van der Waals surface area contributed by atoms with Crippen molar-refractivity contribution in [2.75, 3.05) is 20.3 Å². The molecule has 39 heavy (non-hydrogen) atoms. The summed E-state index contributed by atoms with van der Waals surface area (Å²) >= 11 is 0. The lowest BCUT2D eigenvalue weighted by Gasteiger charge is -2.27. The summed E-state index contributed by atoms with van der Waals surface area (Å²) in [6.07, 6.45) is -0.238. The van der Waals surface area contributed by atoms with Crippen molar-refractivity contribution in [2.24, 2.45) is 0 Å². The molecule has 1 unspecified atom stereocenters. The van der Waals surface area contributed by atoms with Crippen LogP contribution in [0.15, 0.2) is 83.3 Å². The maximum Gasteiger partial charge on any atom is 0.416 e. The van der Waals surface area contributed by atoms with Gasteiger partial charge in [0.2, 0.25) is 5.89 Å². The van der Waals surface area contributed by atoms with Gasteiger partial charge in [0.25, 0.3) is 0 Å². The SMILES string of the molecule is COc1ccc(OC(=O)N(CC(=O)O)C(C)c2cccc(OCCc3nc(-c4ccccc4)oc3C)c2)cc1. The van der Waals surface area contributed by atoms with Crippen LogP contribution in [0, 0.1) is 6.92 Å². The van der Waals surface area contributed by atoms with Gasteiger partial charge in [-0.1, -0.05) is 30.3 Å². The van der Waals surface area contributed by atoms with Crippen LogP contribution in [0.25, 0.3) is 11.5 Å². The molecule has 4 aromatic rings. The Hall–Kier alpha value is -4.79. The lowest BCUT2D eigenvalue weighted by Crippen LogP contribution is -2.39. The number of aliphatic carboxylic acids is 1. The van der Waals surface area contributed by atoms with E-state index in [0.717, 1.165) is 21.9 Å². The average molecular weight is 531 g/mol. The molecule has 1 aromatic heterocycles. The van der Waals surface area contributed by atoms with Crippen LogP contribution in [0.3, 0.4) is 0 Å². The molecule has 1 amide bonds. The molecule has 0 spiro atoms. The average Bonchev–Trinajstić information content (AvgIpc) is 3.32. The monoisotopic (exact) mass is 530 g/mol. The molecule has 0 aliphatic rings. The fraction of sp³-hybridized carbons (Fsp3) is 0.233. The van der Waals surface area contributed by atoms with Crippen LogP contribution in [0.4, 0.5) is 4.79 Å². The second kappa shape index (κ2) is 12.6. The molecule has 202 valence electrons. The number of methoxy groups -OCH3 is 1. The number of hydrogen-bond acceptors (Lipinski definition) is 7. The summed E-state index contributed by atoms with van der Waals surface area (Å²) < 4.78 is 22.3. The first kappa shape index (κ1) is 27.3. The second-order valence-electron chi connectivity index (χ2n) is 8.80. The van der Waals surface area contributed by atoms with Crippen molar-refractivity contribution < 1.29 is 33.3 Å². The van der Waals surface area contributed by atoms with E-state index in [1.807, 2.05) is 37.3 Å². The number of benzene rings is 3. The number of carboxylic acids is 1. The molecule has 0 radical (unpaired) electrons. The topological polar surface area (TPSA) is 111 Å². The number of hydrogen-bond donors (Lipinski definition) is 1. The van der Waals surface area contributed by atoms with Gasteiger partial charge in [-0.15, -0.1) is 0 Å². The number of aromatic nitrogens is 1. The fourth-order valence-corrected chi connectivity index (χ4v) is 3.98. The number of nitrogens with zero attached hydrogens (tertiary/aromatic N) is 2. The van der Waals surface area contributed by atoms with E-state index in [4.69, 9.17) is 18.6 Å². The highest BCUT2D eigenvalue weighted by Crippen LogP contribution is 2.27. The predicted molar refractivity (Wildman–Crippen MR) is 144 cm³/mol. The minimum Gasteiger partial charge on any atom is -0.497 e. The van der Waals surface area contributed by atoms with Crippen LogP contribution in [-0.2, 0) is 11.2 Å². The number of aryl methyl sites for hydroxylation is 1. The Bertz CT molecular complexity index is 1400. The minimum atomic E-state index is -1.15. The Morgan fingerprint density at radius 3 is 2.38 bits per heavy atom. The zero-order valence-electron chi connectivity index (χ0n) is 22.0. The van der Waals surface area contributed by atoms with Gasteiger partial charge in [0, 0.05) is 12.0 Å². The van der Waals surface area contributed by atoms with E-state index < -0.39 is 24.6 Å². The molecule has 0 saturated heterocycles. The number of oxazole rings is 1. The number of carbonyl (C=O) groups excluding carboxylic acids is 1. The quantitative estimate of drug-likeness (QED) is 0.254. The fourth-order valence-electron chi connectivity index (χ4n) is 3.98. The van der Waals surface area contributed by atoms with Crippen molar-refractivity contribution in [1.82, 2.24) is 9.88 Å². The lowest BCUT2D eigenvalue weighted by molar-refractivity contribution is -0.138. The van der Waals surface area contributed by atoms with Crippen molar-refractivity contribution in [1.29, 1.82) is 0 Å². The van der Waals surface area contributed by atoms with Gasteiger partial charge in [-0.3, -0.25) is 9.69 Å². The normalized spacial score (nSPS) is 11.5. The number of carboxylic acid groups (broad SMARTS) is 1. The largest absolute Gasteiger partial charge is 0.497 e. The first-order valence-electron chi connectivity index (χ1n) is 12.4. The summed E-state index contributed by atoms with van der Waals surface area (Å²) in [5.41, 5.74) is 2.42. The second-order valence-corrected chi connectivity index (χ2v) is 8.80. The summed E-state index contributed by atoms with van der Waals surface area (Å²) in [7, 11) is 1.53. The molecule has 3 aromatic carbocycles. The number of amides is 1. The smallest absolute Gasteiger partial charge is 0.416 e. The van der Waals surface area contributed by atoms with Gasteiger partial charge in [-0.05, 0) is 67.9 Å². The van der Waals surface area contributed by atoms with Gasteiger partial charge in [0.15, 0.2) is 0 Å². The van der Waals surface area contributed by atoms with Crippen LogP contribution < -0.4 is 14.2 Å². The summed E-state index contributed by atoms with van der Waals surface area (Å²) in [6, 6.07) is 22.7. The van der Waals surface area contributed by atoms with Gasteiger partial charge in [0.05, 0.1) is 25.5 Å². The molecule has 0 aliphatic heterocycles. The molecule has 4 rings (SSSR count). The third-order valence-corrected chi connectivity index (χ3v) is 6.13. The Morgan fingerprint density at radius 2 is 1.69 bits per heavy atom. The highest BCUT2D eigenvalue weighted by molar-refractivity contribution is 5.78. The standard InChI is InChI=1S/C30H30N2O7/c1-20(32(19-28(33)34)30(35)39-25-14-12-24(36-3)13-15-25)23-10-7-11-26(18-23)37-17-16-27-21(2)38-29(31-27)22-8-5-4-6-9-22/h4-15,18,20H,16-17,19H2,1-3H3,(H,33,34). The van der Waals surface area contributed by atoms with Crippen LogP contribution in [0.5, 0.6) is 17.2 Å². The van der Waals surface area contributed by atoms with Crippen LogP contribution >= 0.6 is 0 Å². The van der Waals surface area contributed by atoms with Crippen molar-refractivity contribution in [3.63, 3.8) is 0 Å².